The number of rotatable bonds is 8. The van der Waals surface area contributed by atoms with E-state index in [1.54, 1.807) is 33.9 Å². The number of carbonyl (C=O) groups excluding carboxylic acids is 4. The number of alkyl carbamates (subject to hydrolysis) is 1. The zero-order valence-corrected chi connectivity index (χ0v) is 32.4. The average molecular weight is 771 g/mol. The van der Waals surface area contributed by atoms with Crippen LogP contribution in [0.3, 0.4) is 0 Å². The molecule has 5 atom stereocenters. The number of ether oxygens (including phenoxy) is 4. The second kappa shape index (κ2) is 15.2. The Morgan fingerprint density at radius 3 is 2.59 bits per heavy atom. The highest BCUT2D eigenvalue weighted by Gasteiger charge is 2.62. The molecule has 2 saturated carbocycles. The third-order valence-electron chi connectivity index (χ3n) is 9.84. The van der Waals surface area contributed by atoms with Crippen molar-refractivity contribution in [1.29, 1.82) is 0 Å². The quantitative estimate of drug-likeness (QED) is 0.333. The Hall–Kier alpha value is -4.64. The van der Waals surface area contributed by atoms with Crippen molar-refractivity contribution in [3.8, 4) is 11.6 Å². The maximum Gasteiger partial charge on any atom is 0.408 e. The van der Waals surface area contributed by atoms with Gasteiger partial charge in [0.25, 0.3) is 5.91 Å². The van der Waals surface area contributed by atoms with Crippen molar-refractivity contribution in [2.24, 2.45) is 5.92 Å². The van der Waals surface area contributed by atoms with Crippen molar-refractivity contribution in [3.05, 3.63) is 36.4 Å². The molecule has 4 amide bonds. The fraction of sp³-hybridized carbons (Fsp3) is 0.595. The van der Waals surface area contributed by atoms with Crippen LogP contribution in [0, 0.1) is 5.92 Å². The van der Waals surface area contributed by atoms with Crippen LogP contribution in [0.15, 0.2) is 36.4 Å². The molecule has 3 heterocycles. The van der Waals surface area contributed by atoms with Gasteiger partial charge in [0.15, 0.2) is 0 Å². The van der Waals surface area contributed by atoms with Crippen molar-refractivity contribution < 1.29 is 46.5 Å². The fourth-order valence-corrected chi connectivity index (χ4v) is 8.09. The molecule has 0 bridgehead atoms. The number of nitrogens with one attached hydrogen (secondary N) is 3. The largest absolute Gasteiger partial charge is 0.497 e. The Balaban J connectivity index is 1.34. The van der Waals surface area contributed by atoms with E-state index in [1.165, 1.54) is 4.90 Å². The molecule has 17 heteroatoms. The summed E-state index contributed by atoms with van der Waals surface area (Å²) in [6.07, 6.45) is 4.33. The summed E-state index contributed by atoms with van der Waals surface area (Å²) in [5, 5.41) is 6.31. The van der Waals surface area contributed by atoms with Crippen LogP contribution in [-0.4, -0.2) is 118 Å². The standard InChI is InChI=1S/C37H50N6O10S/c1-36(2,3)53-35(47)38-28-21-51-15-9-7-8-10-23-19-37(23,34(46)41-54(48,49)26-12-13-26)40-31(44)29-18-25(20-43(29)33(28)45)52-32-27-14-11-24(50-6)16-22(27)17-30(39-32)42(4)5/h8,10-11,14,16-17,23,25-26,28-29H,7,9,12-13,15,18-21H2,1-6H3,(H,38,47)(H,40,44)(H,41,46)/b10-8-/t23-,25?,28+,29+,37-/m1/s1. The molecular weight excluding hydrogens is 721 g/mol. The lowest BCUT2D eigenvalue weighted by molar-refractivity contribution is -0.142. The Labute approximate surface area is 315 Å². The number of sulfonamides is 1. The predicted molar refractivity (Wildman–Crippen MR) is 199 cm³/mol. The van der Waals surface area contributed by atoms with Gasteiger partial charge in [0.2, 0.25) is 27.7 Å². The number of hydrogen-bond donors (Lipinski definition) is 3. The lowest BCUT2D eigenvalue weighted by Crippen LogP contribution is -2.59. The molecule has 1 aromatic heterocycles. The van der Waals surface area contributed by atoms with Gasteiger partial charge in [-0.3, -0.25) is 19.1 Å². The highest BCUT2D eigenvalue weighted by molar-refractivity contribution is 7.91. The highest BCUT2D eigenvalue weighted by atomic mass is 32.2. The van der Waals surface area contributed by atoms with E-state index in [0.717, 1.165) is 5.39 Å². The van der Waals surface area contributed by atoms with E-state index in [9.17, 15) is 27.6 Å². The van der Waals surface area contributed by atoms with Gasteiger partial charge in [0.1, 0.15) is 40.9 Å². The SMILES string of the molecule is COc1ccc2c(OC3C[C@H]4C(=O)N[C@]5(C(=O)NS(=O)(=O)C6CC6)C[C@H]5/C=C\CCCOC[C@H](NC(=O)OC(C)(C)C)C(=O)N4C3)nc(N(C)C)cc2c1. The minimum absolute atomic E-state index is 0.00167. The minimum atomic E-state index is -3.91. The molecule has 4 aliphatic rings. The van der Waals surface area contributed by atoms with E-state index in [4.69, 9.17) is 23.9 Å². The fourth-order valence-electron chi connectivity index (χ4n) is 6.73. The van der Waals surface area contributed by atoms with Gasteiger partial charge in [-0.25, -0.2) is 13.2 Å². The third-order valence-corrected chi connectivity index (χ3v) is 11.7. The molecule has 294 valence electrons. The minimum Gasteiger partial charge on any atom is -0.497 e. The van der Waals surface area contributed by atoms with Crippen LogP contribution in [0.2, 0.25) is 0 Å². The summed E-state index contributed by atoms with van der Waals surface area (Å²) in [5.74, 6) is -1.05. The van der Waals surface area contributed by atoms with E-state index < -0.39 is 74.3 Å². The number of amides is 4. The summed E-state index contributed by atoms with van der Waals surface area (Å²) in [7, 11) is 1.35. The van der Waals surface area contributed by atoms with Gasteiger partial charge in [-0.15, -0.1) is 0 Å². The van der Waals surface area contributed by atoms with Crippen LogP contribution in [0.5, 0.6) is 11.6 Å². The number of methoxy groups -OCH3 is 1. The summed E-state index contributed by atoms with van der Waals surface area (Å²) in [5.41, 5.74) is -2.39. The van der Waals surface area contributed by atoms with Crippen LogP contribution < -0.4 is 29.7 Å². The zero-order valence-electron chi connectivity index (χ0n) is 31.5. The molecule has 1 unspecified atom stereocenters. The van der Waals surface area contributed by atoms with Crippen molar-refractivity contribution in [1.82, 2.24) is 25.2 Å². The second-order valence-corrected chi connectivity index (χ2v) is 17.5. The molecule has 1 saturated heterocycles. The van der Waals surface area contributed by atoms with Crippen molar-refractivity contribution in [2.75, 3.05) is 45.9 Å². The van der Waals surface area contributed by atoms with E-state index >= 15 is 0 Å². The maximum atomic E-state index is 14.4. The highest BCUT2D eigenvalue weighted by Crippen LogP contribution is 2.46. The van der Waals surface area contributed by atoms with E-state index in [2.05, 4.69) is 15.4 Å². The zero-order chi connectivity index (χ0) is 39.0. The molecular formula is C37H50N6O10S. The van der Waals surface area contributed by atoms with Crippen LogP contribution in [0.1, 0.15) is 59.3 Å². The molecule has 16 nitrogen and oxygen atoms in total. The summed E-state index contributed by atoms with van der Waals surface area (Å²) in [6, 6.07) is 4.94. The van der Waals surface area contributed by atoms with Gasteiger partial charge < -0.3 is 39.4 Å². The van der Waals surface area contributed by atoms with Crippen LogP contribution >= 0.6 is 0 Å². The molecule has 1 aromatic carbocycles. The smallest absolute Gasteiger partial charge is 0.408 e. The molecule has 0 spiro atoms. The Morgan fingerprint density at radius 1 is 1.15 bits per heavy atom. The summed E-state index contributed by atoms with van der Waals surface area (Å²) in [6.45, 7) is 5.09. The van der Waals surface area contributed by atoms with Crippen LogP contribution in [0.4, 0.5) is 10.6 Å². The number of anilines is 1. The Kier molecular flexibility index (Phi) is 11.0. The lowest BCUT2D eigenvalue weighted by atomic mass is 10.1. The van der Waals surface area contributed by atoms with E-state index in [0.29, 0.717) is 42.6 Å². The topological polar surface area (TPSA) is 195 Å². The molecule has 2 aromatic rings. The molecule has 54 heavy (non-hydrogen) atoms. The van der Waals surface area contributed by atoms with Gasteiger partial charge in [0, 0.05) is 38.4 Å². The summed E-state index contributed by atoms with van der Waals surface area (Å²) < 4.78 is 51.1. The van der Waals surface area contributed by atoms with Gasteiger partial charge in [-0.1, -0.05) is 12.2 Å². The Morgan fingerprint density at radius 2 is 1.91 bits per heavy atom. The second-order valence-electron chi connectivity index (χ2n) is 15.5. The van der Waals surface area contributed by atoms with Gasteiger partial charge >= 0.3 is 6.09 Å². The number of fused-ring (bicyclic) bond motifs is 3. The first-order chi connectivity index (χ1) is 25.5. The summed E-state index contributed by atoms with van der Waals surface area (Å²) in [4.78, 5) is 63.4. The number of nitrogens with zero attached hydrogens (tertiary/aromatic N) is 3. The number of pyridine rings is 1. The van der Waals surface area contributed by atoms with Gasteiger partial charge in [0.05, 0.1) is 25.5 Å². The number of allylic oxidation sites excluding steroid dienone is 1. The molecule has 6 rings (SSSR count). The first kappa shape index (κ1) is 39.1. The van der Waals surface area contributed by atoms with Gasteiger partial charge in [-0.2, -0.15) is 4.98 Å². The van der Waals surface area contributed by atoms with E-state index in [-0.39, 0.29) is 38.5 Å². The maximum absolute atomic E-state index is 14.4. The first-order valence-corrected chi connectivity index (χ1v) is 19.8. The predicted octanol–water partition coefficient (Wildman–Crippen LogP) is 2.40. The average Bonchev–Trinajstić information content (AvgIpc) is 4.02. The van der Waals surface area contributed by atoms with Crippen LogP contribution in [0.25, 0.3) is 10.8 Å². The van der Waals surface area contributed by atoms with Crippen LogP contribution in [-0.2, 0) is 33.9 Å². The van der Waals surface area contributed by atoms with Gasteiger partial charge in [-0.05, 0) is 82.5 Å². The third kappa shape index (κ3) is 8.83. The van der Waals surface area contributed by atoms with Crippen molar-refractivity contribution in [3.63, 3.8) is 0 Å². The number of carbonyl (C=O) groups is 4. The number of hydrogen-bond acceptors (Lipinski definition) is 12. The number of aromatic nitrogens is 1. The number of benzene rings is 1. The first-order valence-electron chi connectivity index (χ1n) is 18.2. The molecule has 3 fully saturated rings. The van der Waals surface area contributed by atoms with Crippen molar-refractivity contribution >= 4 is 50.4 Å². The molecule has 3 N–H and O–H groups in total. The van der Waals surface area contributed by atoms with Crippen molar-refractivity contribution in [2.45, 2.75) is 93.9 Å². The molecule has 2 aliphatic carbocycles. The van der Waals surface area contributed by atoms with E-state index in [1.807, 2.05) is 49.3 Å². The monoisotopic (exact) mass is 770 g/mol. The molecule has 0 radical (unpaired) electrons. The molecule has 2 aliphatic heterocycles. The lowest BCUT2D eigenvalue weighted by Gasteiger charge is -2.30. The summed E-state index contributed by atoms with van der Waals surface area (Å²) >= 11 is 0. The Bertz CT molecular complexity index is 1930. The normalized spacial score (nSPS) is 27.0.